The first-order chi connectivity index (χ1) is 11.5. The van der Waals surface area contributed by atoms with E-state index in [1.807, 2.05) is 0 Å². The van der Waals surface area contributed by atoms with Crippen LogP contribution in [0.2, 0.25) is 0 Å². The molecule has 0 aliphatic rings. The molecule has 6 heteroatoms. The maximum Gasteiger partial charge on any atom is 0.341 e. The summed E-state index contributed by atoms with van der Waals surface area (Å²) in [5.41, 5.74) is 0.580. The Labute approximate surface area is 140 Å². The van der Waals surface area contributed by atoms with Crippen LogP contribution >= 0.6 is 0 Å². The van der Waals surface area contributed by atoms with Crippen molar-refractivity contribution in [1.29, 1.82) is 0 Å². The van der Waals surface area contributed by atoms with Crippen molar-refractivity contribution in [3.8, 4) is 11.5 Å². The van der Waals surface area contributed by atoms with Gasteiger partial charge in [0.05, 0.1) is 18.8 Å². The second-order valence-electron chi connectivity index (χ2n) is 4.51. The summed E-state index contributed by atoms with van der Waals surface area (Å²) >= 11 is 0. The van der Waals surface area contributed by atoms with Crippen molar-refractivity contribution in [1.82, 2.24) is 0 Å². The highest BCUT2D eigenvalue weighted by atomic mass is 16.5. The third-order valence-electron chi connectivity index (χ3n) is 2.76. The molecule has 0 saturated carbocycles. The average Bonchev–Trinajstić information content (AvgIpc) is 2.56. The van der Waals surface area contributed by atoms with Gasteiger partial charge in [0.1, 0.15) is 17.1 Å². The van der Waals surface area contributed by atoms with Crippen molar-refractivity contribution in [2.45, 2.75) is 13.8 Å². The molecule has 0 unspecified atom stereocenters. The summed E-state index contributed by atoms with van der Waals surface area (Å²) in [6.07, 6.45) is 0. The van der Waals surface area contributed by atoms with E-state index in [0.717, 1.165) is 0 Å². The quantitative estimate of drug-likeness (QED) is 0.836. The Morgan fingerprint density at radius 3 is 2.08 bits per heavy atom. The normalized spacial score (nSPS) is 9.42. The zero-order valence-electron chi connectivity index (χ0n) is 13.6. The number of phenolic OH excluding ortho intramolecular Hbond substituents is 2. The second kappa shape index (κ2) is 9.89. The van der Waals surface area contributed by atoms with Crippen LogP contribution < -0.4 is 0 Å². The third kappa shape index (κ3) is 6.00. The van der Waals surface area contributed by atoms with E-state index in [0.29, 0.717) is 18.8 Å². The zero-order valence-corrected chi connectivity index (χ0v) is 13.6. The molecule has 0 saturated heterocycles. The highest BCUT2D eigenvalue weighted by Crippen LogP contribution is 2.16. The lowest BCUT2D eigenvalue weighted by Gasteiger charge is -2.02. The van der Waals surface area contributed by atoms with Gasteiger partial charge in [-0.25, -0.2) is 9.59 Å². The number of ether oxygens (including phenoxy) is 2. The van der Waals surface area contributed by atoms with Crippen molar-refractivity contribution < 1.29 is 29.3 Å². The van der Waals surface area contributed by atoms with Gasteiger partial charge < -0.3 is 19.7 Å². The van der Waals surface area contributed by atoms with E-state index in [1.165, 1.54) is 24.3 Å². The molecule has 0 aromatic heterocycles. The van der Waals surface area contributed by atoms with Gasteiger partial charge in [-0.3, -0.25) is 0 Å². The van der Waals surface area contributed by atoms with Crippen LogP contribution in [0.3, 0.4) is 0 Å². The van der Waals surface area contributed by atoms with E-state index in [4.69, 9.17) is 14.6 Å². The first kappa shape index (κ1) is 19.0. The Balaban J connectivity index is 0.000000240. The van der Waals surface area contributed by atoms with E-state index >= 15 is 0 Å². The summed E-state index contributed by atoms with van der Waals surface area (Å²) in [6, 6.07) is 12.4. The van der Waals surface area contributed by atoms with Gasteiger partial charge in [0, 0.05) is 0 Å². The number of aromatic hydroxyl groups is 2. The van der Waals surface area contributed by atoms with Crippen molar-refractivity contribution in [3.05, 3.63) is 59.7 Å². The summed E-state index contributed by atoms with van der Waals surface area (Å²) in [5.74, 6) is -0.875. The molecule has 6 nitrogen and oxygen atoms in total. The number of hydrogen-bond donors (Lipinski definition) is 2. The topological polar surface area (TPSA) is 93.1 Å². The molecule has 24 heavy (non-hydrogen) atoms. The van der Waals surface area contributed by atoms with E-state index in [1.54, 1.807) is 38.1 Å². The van der Waals surface area contributed by atoms with Crippen molar-refractivity contribution in [2.75, 3.05) is 13.2 Å². The Hall–Kier alpha value is -3.02. The fraction of sp³-hybridized carbons (Fsp3) is 0.222. The van der Waals surface area contributed by atoms with Crippen LogP contribution in [0.5, 0.6) is 11.5 Å². The monoisotopic (exact) mass is 332 g/mol. The molecule has 0 atom stereocenters. The first-order valence-electron chi connectivity index (χ1n) is 7.40. The van der Waals surface area contributed by atoms with Crippen LogP contribution in [0.1, 0.15) is 34.6 Å². The lowest BCUT2D eigenvalue weighted by atomic mass is 10.2. The molecule has 0 aliphatic heterocycles. The maximum atomic E-state index is 11.1. The fourth-order valence-corrected chi connectivity index (χ4v) is 1.70. The minimum Gasteiger partial charge on any atom is -0.508 e. The third-order valence-corrected chi connectivity index (χ3v) is 2.76. The van der Waals surface area contributed by atoms with Gasteiger partial charge in [0.25, 0.3) is 0 Å². The molecule has 2 aromatic carbocycles. The SMILES string of the molecule is CCOC(=O)c1cccc(O)c1.CCOC(=O)c1ccccc1O. The number of esters is 2. The number of phenols is 2. The number of hydrogen-bond acceptors (Lipinski definition) is 6. The smallest absolute Gasteiger partial charge is 0.341 e. The minimum atomic E-state index is -0.490. The lowest BCUT2D eigenvalue weighted by Crippen LogP contribution is -2.04. The number of carbonyl (C=O) groups excluding carboxylic acids is 2. The number of carbonyl (C=O) groups is 2. The second-order valence-corrected chi connectivity index (χ2v) is 4.51. The van der Waals surface area contributed by atoms with Crippen molar-refractivity contribution in [2.24, 2.45) is 0 Å². The molecule has 128 valence electrons. The zero-order chi connectivity index (χ0) is 17.9. The van der Waals surface area contributed by atoms with Gasteiger partial charge in [0.2, 0.25) is 0 Å². The Morgan fingerprint density at radius 2 is 1.50 bits per heavy atom. The molecule has 0 amide bonds. The standard InChI is InChI=1S/2C9H10O3/c1-2-12-9(11)7-4-3-5-8(10)6-7;1-2-12-9(11)7-5-3-4-6-8(7)10/h2*3-6,10H,2H2,1H3. The first-order valence-corrected chi connectivity index (χ1v) is 7.40. The summed E-state index contributed by atoms with van der Waals surface area (Å²) < 4.78 is 9.44. The van der Waals surface area contributed by atoms with Gasteiger partial charge >= 0.3 is 11.9 Å². The van der Waals surface area contributed by atoms with E-state index < -0.39 is 11.9 Å². The van der Waals surface area contributed by atoms with Crippen LogP contribution in [-0.4, -0.2) is 35.4 Å². The molecule has 2 rings (SSSR count). The maximum absolute atomic E-state index is 11.1. The molecular weight excluding hydrogens is 312 g/mol. The fourth-order valence-electron chi connectivity index (χ4n) is 1.70. The van der Waals surface area contributed by atoms with Gasteiger partial charge in [-0.1, -0.05) is 18.2 Å². The largest absolute Gasteiger partial charge is 0.508 e. The van der Waals surface area contributed by atoms with Gasteiger partial charge in [-0.05, 0) is 44.2 Å². The van der Waals surface area contributed by atoms with Crippen LogP contribution in [-0.2, 0) is 9.47 Å². The highest BCUT2D eigenvalue weighted by molar-refractivity contribution is 5.92. The number of para-hydroxylation sites is 1. The van der Waals surface area contributed by atoms with Crippen molar-refractivity contribution in [3.63, 3.8) is 0 Å². The Bertz CT molecular complexity index is 681. The molecule has 0 radical (unpaired) electrons. The lowest BCUT2D eigenvalue weighted by molar-refractivity contribution is 0.0514. The van der Waals surface area contributed by atoms with E-state index in [9.17, 15) is 14.7 Å². The molecule has 0 spiro atoms. The molecule has 0 fully saturated rings. The van der Waals surface area contributed by atoms with Gasteiger partial charge in [0.15, 0.2) is 0 Å². The Kier molecular flexibility index (Phi) is 7.84. The van der Waals surface area contributed by atoms with Crippen LogP contribution in [0.4, 0.5) is 0 Å². The van der Waals surface area contributed by atoms with Crippen molar-refractivity contribution >= 4 is 11.9 Å². The molecule has 2 aromatic rings. The molecule has 0 aliphatic carbocycles. The summed E-state index contributed by atoms with van der Waals surface area (Å²) in [5, 5.41) is 18.2. The van der Waals surface area contributed by atoms with E-state index in [2.05, 4.69) is 0 Å². The molecular formula is C18H20O6. The van der Waals surface area contributed by atoms with E-state index in [-0.39, 0.29) is 17.1 Å². The number of rotatable bonds is 4. The Morgan fingerprint density at radius 1 is 0.875 bits per heavy atom. The number of benzene rings is 2. The predicted octanol–water partition coefficient (Wildman–Crippen LogP) is 3.14. The summed E-state index contributed by atoms with van der Waals surface area (Å²) in [7, 11) is 0. The molecule has 2 N–H and O–H groups in total. The van der Waals surface area contributed by atoms with Gasteiger partial charge in [-0.15, -0.1) is 0 Å². The van der Waals surface area contributed by atoms with Gasteiger partial charge in [-0.2, -0.15) is 0 Å². The predicted molar refractivity (Wildman–Crippen MR) is 88.1 cm³/mol. The molecule has 0 heterocycles. The van der Waals surface area contributed by atoms with Crippen LogP contribution in [0.25, 0.3) is 0 Å². The van der Waals surface area contributed by atoms with Crippen LogP contribution in [0.15, 0.2) is 48.5 Å². The minimum absolute atomic E-state index is 0.0454. The highest BCUT2D eigenvalue weighted by Gasteiger charge is 2.09. The molecule has 0 bridgehead atoms. The average molecular weight is 332 g/mol. The van der Waals surface area contributed by atoms with Crippen LogP contribution in [0, 0.1) is 0 Å². The summed E-state index contributed by atoms with van der Waals surface area (Å²) in [6.45, 7) is 4.11. The summed E-state index contributed by atoms with van der Waals surface area (Å²) in [4.78, 5) is 22.1.